The first kappa shape index (κ1) is 25.6. The van der Waals surface area contributed by atoms with Gasteiger partial charge in [0.25, 0.3) is 0 Å². The summed E-state index contributed by atoms with van der Waals surface area (Å²) in [6.45, 7) is 4.57. The molecule has 0 bridgehead atoms. The van der Waals surface area contributed by atoms with E-state index in [1.165, 1.54) is 0 Å². The lowest BCUT2D eigenvalue weighted by Gasteiger charge is -2.08. The van der Waals surface area contributed by atoms with Gasteiger partial charge in [-0.3, -0.25) is 9.78 Å². The molecular weight excluding hydrogens is 470 g/mol. The van der Waals surface area contributed by atoms with Gasteiger partial charge in [-0.05, 0) is 55.8 Å². The smallest absolute Gasteiger partial charge is 0.306 e. The first-order valence-corrected chi connectivity index (χ1v) is 12.1. The second kappa shape index (κ2) is 13.0. The molecular formula is C29H29N3O5. The van der Waals surface area contributed by atoms with Crippen LogP contribution in [0.3, 0.4) is 0 Å². The normalized spacial score (nSPS) is 11.2. The maximum atomic E-state index is 11.8. The van der Waals surface area contributed by atoms with E-state index in [4.69, 9.17) is 18.7 Å². The van der Waals surface area contributed by atoms with Crippen LogP contribution in [-0.2, 0) is 27.6 Å². The lowest BCUT2D eigenvalue weighted by molar-refractivity contribution is -0.142. The van der Waals surface area contributed by atoms with Gasteiger partial charge in [0.15, 0.2) is 0 Å². The van der Waals surface area contributed by atoms with E-state index < -0.39 is 0 Å². The van der Waals surface area contributed by atoms with Crippen LogP contribution in [0.1, 0.15) is 42.5 Å². The summed E-state index contributed by atoms with van der Waals surface area (Å²) < 4.78 is 16.7. The highest BCUT2D eigenvalue weighted by Crippen LogP contribution is 2.23. The molecule has 0 fully saturated rings. The van der Waals surface area contributed by atoms with Gasteiger partial charge < -0.3 is 18.7 Å². The van der Waals surface area contributed by atoms with Gasteiger partial charge in [0.1, 0.15) is 36.1 Å². The van der Waals surface area contributed by atoms with E-state index in [0.29, 0.717) is 42.7 Å². The van der Waals surface area contributed by atoms with E-state index in [1.54, 1.807) is 13.1 Å². The number of oxazole rings is 1. The molecule has 8 heteroatoms. The van der Waals surface area contributed by atoms with Crippen molar-refractivity contribution in [3.63, 3.8) is 0 Å². The van der Waals surface area contributed by atoms with Crippen LogP contribution in [0.2, 0.25) is 0 Å². The first-order chi connectivity index (χ1) is 18.1. The summed E-state index contributed by atoms with van der Waals surface area (Å²) in [5.74, 6) is 1.74. The van der Waals surface area contributed by atoms with E-state index in [1.807, 2.05) is 79.7 Å². The molecule has 0 aliphatic rings. The standard InChI is InChI=1S/C29H29N3O5/c1-3-34-28(33)17-16-26(25-11-7-8-18-30-25)32-36-19-22-12-14-24(15-13-22)35-20-27-21(2)37-29(31-27)23-9-5-4-6-10-23/h4-15,18H,3,16-17,19-20H2,1-2H3. The average Bonchev–Trinajstić information content (AvgIpc) is 3.31. The third-order valence-corrected chi connectivity index (χ3v) is 5.45. The summed E-state index contributed by atoms with van der Waals surface area (Å²) in [7, 11) is 0. The van der Waals surface area contributed by atoms with E-state index in [0.717, 1.165) is 22.6 Å². The van der Waals surface area contributed by atoms with Gasteiger partial charge in [-0.15, -0.1) is 0 Å². The van der Waals surface area contributed by atoms with Gasteiger partial charge in [-0.2, -0.15) is 0 Å². The molecule has 190 valence electrons. The van der Waals surface area contributed by atoms with Crippen LogP contribution in [0.25, 0.3) is 11.5 Å². The van der Waals surface area contributed by atoms with Gasteiger partial charge in [0.2, 0.25) is 5.89 Å². The van der Waals surface area contributed by atoms with Crippen LogP contribution < -0.4 is 4.74 Å². The molecule has 2 aromatic carbocycles. The van der Waals surface area contributed by atoms with Crippen LogP contribution >= 0.6 is 0 Å². The number of ether oxygens (including phenoxy) is 2. The lowest BCUT2D eigenvalue weighted by Crippen LogP contribution is -2.10. The molecule has 2 heterocycles. The number of carbonyl (C=O) groups is 1. The average molecular weight is 500 g/mol. The number of pyridine rings is 1. The highest BCUT2D eigenvalue weighted by molar-refractivity contribution is 5.99. The third kappa shape index (κ3) is 7.51. The molecule has 0 spiro atoms. The van der Waals surface area contributed by atoms with Crippen LogP contribution in [0.15, 0.2) is 88.6 Å². The van der Waals surface area contributed by atoms with Crippen molar-refractivity contribution in [2.75, 3.05) is 6.61 Å². The van der Waals surface area contributed by atoms with Crippen molar-refractivity contribution < 1.29 is 23.5 Å². The van der Waals surface area contributed by atoms with Gasteiger partial charge in [0.05, 0.1) is 18.7 Å². The Morgan fingerprint density at radius 1 is 0.946 bits per heavy atom. The summed E-state index contributed by atoms with van der Waals surface area (Å²) in [6, 6.07) is 22.9. The molecule has 4 aromatic rings. The molecule has 2 aromatic heterocycles. The minimum Gasteiger partial charge on any atom is -0.487 e. The Kier molecular flexibility index (Phi) is 9.02. The lowest BCUT2D eigenvalue weighted by atomic mass is 10.1. The molecule has 0 atom stereocenters. The number of hydrogen-bond acceptors (Lipinski definition) is 8. The molecule has 37 heavy (non-hydrogen) atoms. The fourth-order valence-electron chi connectivity index (χ4n) is 3.49. The Morgan fingerprint density at radius 3 is 2.46 bits per heavy atom. The van der Waals surface area contributed by atoms with Gasteiger partial charge in [0, 0.05) is 18.2 Å². The molecule has 8 nitrogen and oxygen atoms in total. The molecule has 4 rings (SSSR count). The quantitative estimate of drug-likeness (QED) is 0.136. The zero-order chi connectivity index (χ0) is 25.9. The number of aryl methyl sites for hydroxylation is 1. The molecule has 0 saturated carbocycles. The van der Waals surface area contributed by atoms with Crippen molar-refractivity contribution >= 4 is 11.7 Å². The number of hydrogen-bond donors (Lipinski definition) is 0. The predicted octanol–water partition coefficient (Wildman–Crippen LogP) is 5.89. The largest absolute Gasteiger partial charge is 0.487 e. The van der Waals surface area contributed by atoms with E-state index in [2.05, 4.69) is 15.1 Å². The van der Waals surface area contributed by atoms with Crippen molar-refractivity contribution in [3.05, 3.63) is 102 Å². The van der Waals surface area contributed by atoms with E-state index in [9.17, 15) is 4.79 Å². The third-order valence-electron chi connectivity index (χ3n) is 5.45. The summed E-state index contributed by atoms with van der Waals surface area (Å²) in [4.78, 5) is 26.3. The van der Waals surface area contributed by atoms with Gasteiger partial charge in [-0.25, -0.2) is 4.98 Å². The summed E-state index contributed by atoms with van der Waals surface area (Å²) in [6.07, 6.45) is 2.25. The molecule has 0 aliphatic carbocycles. The van der Waals surface area contributed by atoms with Crippen LogP contribution in [0, 0.1) is 6.92 Å². The molecule has 0 radical (unpaired) electrons. The number of nitrogens with zero attached hydrogens (tertiary/aromatic N) is 3. The maximum absolute atomic E-state index is 11.8. The fourth-order valence-corrected chi connectivity index (χ4v) is 3.49. The molecule has 0 N–H and O–H groups in total. The number of benzene rings is 2. The fraction of sp³-hybridized carbons (Fsp3) is 0.241. The molecule has 0 amide bonds. The Balaban J connectivity index is 1.32. The number of carbonyl (C=O) groups excluding carboxylic acids is 1. The topological polar surface area (TPSA) is 96.0 Å². The van der Waals surface area contributed by atoms with Gasteiger partial charge >= 0.3 is 5.97 Å². The first-order valence-electron chi connectivity index (χ1n) is 12.1. The van der Waals surface area contributed by atoms with Crippen molar-refractivity contribution in [1.29, 1.82) is 0 Å². The SMILES string of the molecule is CCOC(=O)CCC(=NOCc1ccc(OCc2nc(-c3ccccc3)oc2C)cc1)c1ccccn1. The van der Waals surface area contributed by atoms with E-state index in [-0.39, 0.29) is 19.0 Å². The number of esters is 1. The number of rotatable bonds is 12. The molecule has 0 saturated heterocycles. The number of oxime groups is 1. The minimum atomic E-state index is -0.279. The predicted molar refractivity (Wildman–Crippen MR) is 139 cm³/mol. The zero-order valence-electron chi connectivity index (χ0n) is 20.9. The molecule has 0 unspecified atom stereocenters. The summed E-state index contributed by atoms with van der Waals surface area (Å²) in [5, 5.41) is 4.25. The second-order valence-electron chi connectivity index (χ2n) is 8.15. The van der Waals surface area contributed by atoms with Crippen LogP contribution in [0.5, 0.6) is 5.75 Å². The van der Waals surface area contributed by atoms with Crippen molar-refractivity contribution in [2.24, 2.45) is 5.16 Å². The van der Waals surface area contributed by atoms with Crippen molar-refractivity contribution in [2.45, 2.75) is 39.9 Å². The highest BCUT2D eigenvalue weighted by atomic mass is 16.6. The Labute approximate surface area is 215 Å². The molecule has 0 aliphatic heterocycles. The van der Waals surface area contributed by atoms with Crippen molar-refractivity contribution in [1.82, 2.24) is 9.97 Å². The zero-order valence-corrected chi connectivity index (χ0v) is 20.9. The Bertz CT molecular complexity index is 1300. The monoisotopic (exact) mass is 499 g/mol. The van der Waals surface area contributed by atoms with E-state index >= 15 is 0 Å². The maximum Gasteiger partial charge on any atom is 0.306 e. The Morgan fingerprint density at radius 2 is 1.73 bits per heavy atom. The van der Waals surface area contributed by atoms with Gasteiger partial charge in [-0.1, -0.05) is 41.6 Å². The Hall–Kier alpha value is -4.46. The highest BCUT2D eigenvalue weighted by Gasteiger charge is 2.12. The van der Waals surface area contributed by atoms with Crippen molar-refractivity contribution in [3.8, 4) is 17.2 Å². The summed E-state index contributed by atoms with van der Waals surface area (Å²) in [5.41, 5.74) is 3.85. The van der Waals surface area contributed by atoms with Crippen LogP contribution in [0.4, 0.5) is 0 Å². The van der Waals surface area contributed by atoms with Crippen LogP contribution in [-0.4, -0.2) is 28.3 Å². The second-order valence-corrected chi connectivity index (χ2v) is 8.15. The minimum absolute atomic E-state index is 0.205. The summed E-state index contributed by atoms with van der Waals surface area (Å²) >= 11 is 0. The number of aromatic nitrogens is 2.